The number of nitrogens with one attached hydrogen (secondary N) is 1. The summed E-state index contributed by atoms with van der Waals surface area (Å²) >= 11 is 0. The molecule has 2 saturated heterocycles. The minimum absolute atomic E-state index is 0.197. The summed E-state index contributed by atoms with van der Waals surface area (Å²) in [5.74, 6) is 0. The van der Waals surface area contributed by atoms with Crippen LogP contribution in [0.5, 0.6) is 0 Å². The predicted molar refractivity (Wildman–Crippen MR) is 74.8 cm³/mol. The molecule has 2 rings (SSSR count). The molecule has 2 N–H and O–H groups in total. The number of rotatable bonds is 5. The molecule has 0 spiro atoms. The van der Waals surface area contributed by atoms with Crippen LogP contribution in [0.3, 0.4) is 0 Å². The van der Waals surface area contributed by atoms with Gasteiger partial charge >= 0.3 is 0 Å². The van der Waals surface area contributed by atoms with Gasteiger partial charge in [0, 0.05) is 51.4 Å². The maximum Gasteiger partial charge on any atom is 0.0794 e. The van der Waals surface area contributed by atoms with Gasteiger partial charge in [0.15, 0.2) is 0 Å². The summed E-state index contributed by atoms with van der Waals surface area (Å²) in [6.07, 6.45) is 3.61. The van der Waals surface area contributed by atoms with Gasteiger partial charge in [0.25, 0.3) is 0 Å². The number of nitrogens with zero attached hydrogens (tertiary/aromatic N) is 2. The fraction of sp³-hybridized carbons (Fsp3) is 1.00. The van der Waals surface area contributed by atoms with Gasteiger partial charge in [-0.2, -0.15) is 0 Å². The van der Waals surface area contributed by atoms with Crippen LogP contribution in [-0.4, -0.2) is 72.4 Å². The summed E-state index contributed by atoms with van der Waals surface area (Å²) < 4.78 is 0. The molecule has 4 heteroatoms. The van der Waals surface area contributed by atoms with Crippen LogP contribution in [-0.2, 0) is 0 Å². The van der Waals surface area contributed by atoms with Gasteiger partial charge in [-0.05, 0) is 26.2 Å². The lowest BCUT2D eigenvalue weighted by Gasteiger charge is -2.33. The van der Waals surface area contributed by atoms with Crippen LogP contribution in [0.15, 0.2) is 0 Å². The Kier molecular flexibility index (Phi) is 5.42. The van der Waals surface area contributed by atoms with Crippen molar-refractivity contribution in [3.63, 3.8) is 0 Å². The lowest BCUT2D eigenvalue weighted by molar-refractivity contribution is 0.0532. The lowest BCUT2D eigenvalue weighted by atomic mass is 10.1. The highest BCUT2D eigenvalue weighted by atomic mass is 16.3. The van der Waals surface area contributed by atoms with Crippen molar-refractivity contribution in [2.24, 2.45) is 0 Å². The number of aliphatic hydroxyl groups is 1. The van der Waals surface area contributed by atoms with E-state index in [0.717, 1.165) is 39.3 Å². The number of hydrogen-bond donors (Lipinski definition) is 2. The van der Waals surface area contributed by atoms with Crippen molar-refractivity contribution in [1.82, 2.24) is 15.1 Å². The van der Waals surface area contributed by atoms with Gasteiger partial charge in [0.05, 0.1) is 6.10 Å². The summed E-state index contributed by atoms with van der Waals surface area (Å²) in [6, 6.07) is 1.34. The Hall–Kier alpha value is -0.160. The van der Waals surface area contributed by atoms with Gasteiger partial charge in [0.1, 0.15) is 0 Å². The Labute approximate surface area is 111 Å². The number of piperazine rings is 1. The molecule has 0 amide bonds. The molecule has 2 aliphatic heterocycles. The molecule has 0 aliphatic carbocycles. The Balaban J connectivity index is 1.76. The third kappa shape index (κ3) is 3.67. The first-order chi connectivity index (χ1) is 8.70. The van der Waals surface area contributed by atoms with E-state index in [9.17, 15) is 5.11 Å². The summed E-state index contributed by atoms with van der Waals surface area (Å²) in [4.78, 5) is 4.90. The number of β-amino-alcohol motifs (C(OH)–C–C–N with tert-alkyl or cyclic N) is 1. The van der Waals surface area contributed by atoms with Crippen molar-refractivity contribution in [1.29, 1.82) is 0 Å². The second kappa shape index (κ2) is 6.85. The van der Waals surface area contributed by atoms with E-state index in [-0.39, 0.29) is 6.10 Å². The first-order valence-corrected chi connectivity index (χ1v) is 7.57. The van der Waals surface area contributed by atoms with E-state index in [0.29, 0.717) is 12.1 Å². The molecule has 2 fully saturated rings. The van der Waals surface area contributed by atoms with E-state index in [2.05, 4.69) is 29.0 Å². The third-order valence-corrected chi connectivity index (χ3v) is 4.52. The minimum atomic E-state index is -0.197. The van der Waals surface area contributed by atoms with Crippen molar-refractivity contribution in [2.45, 2.75) is 51.3 Å². The molecule has 0 radical (unpaired) electrons. The van der Waals surface area contributed by atoms with Crippen molar-refractivity contribution < 1.29 is 5.11 Å². The zero-order valence-electron chi connectivity index (χ0n) is 11.9. The quantitative estimate of drug-likeness (QED) is 0.751. The second-order valence-corrected chi connectivity index (χ2v) is 5.89. The molecule has 0 saturated carbocycles. The highest BCUT2D eigenvalue weighted by Crippen LogP contribution is 2.25. The third-order valence-electron chi connectivity index (χ3n) is 4.52. The Morgan fingerprint density at radius 3 is 2.61 bits per heavy atom. The molecule has 4 nitrogen and oxygen atoms in total. The van der Waals surface area contributed by atoms with E-state index < -0.39 is 0 Å². The molecule has 0 aromatic heterocycles. The summed E-state index contributed by atoms with van der Waals surface area (Å²) in [7, 11) is 0. The normalized spacial score (nSPS) is 32.8. The van der Waals surface area contributed by atoms with Crippen LogP contribution >= 0.6 is 0 Å². The van der Waals surface area contributed by atoms with Crippen LogP contribution in [0.1, 0.15) is 33.1 Å². The molecular formula is C14H29N3O. The summed E-state index contributed by atoms with van der Waals surface area (Å²) in [6.45, 7) is 10.5. The molecule has 3 unspecified atom stereocenters. The predicted octanol–water partition coefficient (Wildman–Crippen LogP) is 0.515. The van der Waals surface area contributed by atoms with Crippen LogP contribution in [0.2, 0.25) is 0 Å². The monoisotopic (exact) mass is 255 g/mol. The van der Waals surface area contributed by atoms with Crippen molar-refractivity contribution >= 4 is 0 Å². The standard InChI is InChI=1S/C14H29N3O/c1-3-13-5-4-12(2)17(13)11-14(18)10-16-8-6-15-7-9-16/h12-15,18H,3-11H2,1-2H3. The van der Waals surface area contributed by atoms with Gasteiger partial charge in [-0.15, -0.1) is 0 Å². The average molecular weight is 255 g/mol. The summed E-state index contributed by atoms with van der Waals surface area (Å²) in [5.41, 5.74) is 0. The van der Waals surface area contributed by atoms with Gasteiger partial charge in [0.2, 0.25) is 0 Å². The zero-order chi connectivity index (χ0) is 13.0. The van der Waals surface area contributed by atoms with Gasteiger partial charge < -0.3 is 10.4 Å². The molecular weight excluding hydrogens is 226 g/mol. The number of likely N-dealkylation sites (tertiary alicyclic amines) is 1. The molecule has 106 valence electrons. The highest BCUT2D eigenvalue weighted by molar-refractivity contribution is 4.86. The smallest absolute Gasteiger partial charge is 0.0794 e. The van der Waals surface area contributed by atoms with E-state index in [4.69, 9.17) is 0 Å². The zero-order valence-corrected chi connectivity index (χ0v) is 11.9. The maximum absolute atomic E-state index is 10.3. The Morgan fingerprint density at radius 1 is 1.22 bits per heavy atom. The SMILES string of the molecule is CCC1CCC(C)N1CC(O)CN1CCNCC1. The van der Waals surface area contributed by atoms with Gasteiger partial charge in [-0.1, -0.05) is 6.92 Å². The molecule has 0 bridgehead atoms. The van der Waals surface area contributed by atoms with E-state index >= 15 is 0 Å². The van der Waals surface area contributed by atoms with Crippen LogP contribution < -0.4 is 5.32 Å². The van der Waals surface area contributed by atoms with Crippen LogP contribution in [0.25, 0.3) is 0 Å². The van der Waals surface area contributed by atoms with Gasteiger partial charge in [-0.25, -0.2) is 0 Å². The molecule has 2 heterocycles. The molecule has 18 heavy (non-hydrogen) atoms. The summed E-state index contributed by atoms with van der Waals surface area (Å²) in [5, 5.41) is 13.6. The fourth-order valence-electron chi connectivity index (χ4n) is 3.39. The maximum atomic E-state index is 10.3. The highest BCUT2D eigenvalue weighted by Gasteiger charge is 2.30. The van der Waals surface area contributed by atoms with Crippen molar-refractivity contribution in [3.8, 4) is 0 Å². The van der Waals surface area contributed by atoms with Gasteiger partial charge in [-0.3, -0.25) is 9.80 Å². The topological polar surface area (TPSA) is 38.7 Å². The van der Waals surface area contributed by atoms with Crippen molar-refractivity contribution in [2.75, 3.05) is 39.3 Å². The number of aliphatic hydroxyl groups excluding tert-OH is 1. The van der Waals surface area contributed by atoms with Crippen LogP contribution in [0.4, 0.5) is 0 Å². The molecule has 2 aliphatic rings. The van der Waals surface area contributed by atoms with Crippen molar-refractivity contribution in [3.05, 3.63) is 0 Å². The van der Waals surface area contributed by atoms with E-state index in [1.165, 1.54) is 19.3 Å². The average Bonchev–Trinajstić information content (AvgIpc) is 2.72. The van der Waals surface area contributed by atoms with E-state index in [1.807, 2.05) is 0 Å². The Morgan fingerprint density at radius 2 is 1.94 bits per heavy atom. The molecule has 0 aromatic carbocycles. The lowest BCUT2D eigenvalue weighted by Crippen LogP contribution is -2.49. The molecule has 3 atom stereocenters. The molecule has 0 aromatic rings. The fourth-order valence-corrected chi connectivity index (χ4v) is 3.39. The Bertz CT molecular complexity index is 243. The minimum Gasteiger partial charge on any atom is -0.390 e. The first-order valence-electron chi connectivity index (χ1n) is 7.57. The van der Waals surface area contributed by atoms with E-state index in [1.54, 1.807) is 0 Å². The first kappa shape index (κ1) is 14.3. The second-order valence-electron chi connectivity index (χ2n) is 5.89. The number of hydrogen-bond acceptors (Lipinski definition) is 4. The largest absolute Gasteiger partial charge is 0.390 e. The van der Waals surface area contributed by atoms with Crippen LogP contribution in [0, 0.1) is 0 Å².